The Labute approximate surface area is 134 Å². The van der Waals surface area contributed by atoms with Crippen molar-refractivity contribution in [2.24, 2.45) is 5.92 Å². The molecule has 1 spiro atoms. The Morgan fingerprint density at radius 1 is 1.17 bits per heavy atom. The van der Waals surface area contributed by atoms with Crippen molar-refractivity contribution in [3.8, 4) is 11.5 Å². The fraction of sp³-hybridized carbons (Fsp3) is 0.562. The quantitative estimate of drug-likeness (QED) is 0.830. The van der Waals surface area contributed by atoms with Crippen molar-refractivity contribution < 1.29 is 9.15 Å². The summed E-state index contributed by atoms with van der Waals surface area (Å²) in [6, 6.07) is 4.32. The fourth-order valence-electron chi connectivity index (χ4n) is 4.16. The molecule has 0 aromatic carbocycles. The molecule has 4 saturated heterocycles. The Morgan fingerprint density at radius 2 is 2.09 bits per heavy atom. The van der Waals surface area contributed by atoms with Crippen molar-refractivity contribution in [2.75, 3.05) is 37.8 Å². The summed E-state index contributed by atoms with van der Waals surface area (Å²) in [5.41, 5.74) is 0.781. The molecule has 0 unspecified atom stereocenters. The molecule has 2 aromatic rings. The normalized spacial score (nSPS) is 32.8. The molecule has 0 amide bonds. The summed E-state index contributed by atoms with van der Waals surface area (Å²) in [4.78, 5) is 8.67. The molecule has 1 atom stereocenters. The van der Waals surface area contributed by atoms with Crippen LogP contribution < -0.4 is 4.90 Å². The summed E-state index contributed by atoms with van der Waals surface area (Å²) in [5, 5.41) is 8.35. The molecular weight excluding hydrogens is 294 g/mol. The van der Waals surface area contributed by atoms with E-state index in [0.29, 0.717) is 24.6 Å². The number of hydrogen-bond donors (Lipinski definition) is 0. The van der Waals surface area contributed by atoms with Crippen molar-refractivity contribution in [1.29, 1.82) is 0 Å². The lowest BCUT2D eigenvalue weighted by atomic mass is 9.75. The number of fused-ring (bicyclic) bond motifs is 2. The van der Waals surface area contributed by atoms with Crippen molar-refractivity contribution in [3.05, 3.63) is 24.5 Å². The van der Waals surface area contributed by atoms with E-state index in [1.165, 1.54) is 25.9 Å². The maximum Gasteiger partial charge on any atom is 0.320 e. The largest absolute Gasteiger partial charge is 0.403 e. The monoisotopic (exact) mass is 313 g/mol. The maximum atomic E-state index is 6.24. The van der Waals surface area contributed by atoms with Crippen LogP contribution in [0.1, 0.15) is 12.8 Å². The van der Waals surface area contributed by atoms with Gasteiger partial charge >= 0.3 is 6.01 Å². The highest BCUT2D eigenvalue weighted by Crippen LogP contribution is 2.42. The minimum absolute atomic E-state index is 0.0561. The number of ether oxygens (including phenoxy) is 1. The molecule has 6 heterocycles. The van der Waals surface area contributed by atoms with Crippen molar-refractivity contribution >= 4 is 6.01 Å². The molecule has 6 rings (SSSR count). The van der Waals surface area contributed by atoms with E-state index in [1.54, 1.807) is 12.4 Å². The van der Waals surface area contributed by atoms with E-state index in [1.807, 2.05) is 12.1 Å². The first-order chi connectivity index (χ1) is 11.3. The molecule has 7 heteroatoms. The molecule has 2 bridgehead atoms. The smallest absolute Gasteiger partial charge is 0.320 e. The van der Waals surface area contributed by atoms with Gasteiger partial charge in [-0.15, -0.1) is 5.10 Å². The maximum absolute atomic E-state index is 6.24. The summed E-state index contributed by atoms with van der Waals surface area (Å²) in [6.07, 6.45) is 5.93. The Kier molecular flexibility index (Phi) is 2.93. The van der Waals surface area contributed by atoms with Crippen LogP contribution in [0.3, 0.4) is 0 Å². The van der Waals surface area contributed by atoms with Gasteiger partial charge in [-0.25, -0.2) is 0 Å². The molecule has 0 N–H and O–H groups in total. The highest BCUT2D eigenvalue weighted by molar-refractivity contribution is 5.51. The predicted molar refractivity (Wildman–Crippen MR) is 82.7 cm³/mol. The van der Waals surface area contributed by atoms with Crippen LogP contribution >= 0.6 is 0 Å². The van der Waals surface area contributed by atoms with Crippen LogP contribution in [0.25, 0.3) is 11.5 Å². The highest BCUT2D eigenvalue weighted by Gasteiger charge is 2.52. The van der Waals surface area contributed by atoms with E-state index in [0.717, 1.165) is 18.7 Å². The van der Waals surface area contributed by atoms with Gasteiger partial charge in [0.2, 0.25) is 0 Å². The van der Waals surface area contributed by atoms with Gasteiger partial charge in [0, 0.05) is 18.9 Å². The first-order valence-electron chi connectivity index (χ1n) is 8.18. The Morgan fingerprint density at radius 3 is 2.83 bits per heavy atom. The fourth-order valence-corrected chi connectivity index (χ4v) is 4.16. The lowest BCUT2D eigenvalue weighted by molar-refractivity contribution is -0.116. The average molecular weight is 313 g/mol. The first-order valence-corrected chi connectivity index (χ1v) is 8.18. The molecule has 0 radical (unpaired) electrons. The zero-order valence-corrected chi connectivity index (χ0v) is 12.9. The van der Waals surface area contributed by atoms with Gasteiger partial charge in [0.15, 0.2) is 0 Å². The lowest BCUT2D eigenvalue weighted by Gasteiger charge is -2.50. The van der Waals surface area contributed by atoms with E-state index in [2.05, 4.69) is 25.0 Å². The van der Waals surface area contributed by atoms with Gasteiger partial charge in [-0.05, 0) is 44.0 Å². The van der Waals surface area contributed by atoms with Gasteiger partial charge < -0.3 is 14.1 Å². The Balaban J connectivity index is 1.37. The van der Waals surface area contributed by atoms with Crippen LogP contribution in [0, 0.1) is 5.92 Å². The molecule has 0 saturated carbocycles. The predicted octanol–water partition coefficient (Wildman–Crippen LogP) is 1.39. The van der Waals surface area contributed by atoms with Crippen molar-refractivity contribution in [2.45, 2.75) is 18.4 Å². The highest BCUT2D eigenvalue weighted by atomic mass is 16.5. The average Bonchev–Trinajstić information content (AvgIpc) is 3.25. The molecule has 2 aromatic heterocycles. The molecule has 23 heavy (non-hydrogen) atoms. The number of aromatic nitrogens is 3. The van der Waals surface area contributed by atoms with Gasteiger partial charge in [-0.1, -0.05) is 5.10 Å². The molecule has 4 aliphatic heterocycles. The van der Waals surface area contributed by atoms with Crippen LogP contribution in [0.2, 0.25) is 0 Å². The minimum atomic E-state index is -0.0561. The molecule has 120 valence electrons. The van der Waals surface area contributed by atoms with Crippen LogP contribution in [-0.4, -0.2) is 58.6 Å². The summed E-state index contributed by atoms with van der Waals surface area (Å²) in [6.45, 7) is 4.81. The summed E-state index contributed by atoms with van der Waals surface area (Å²) < 4.78 is 12.1. The van der Waals surface area contributed by atoms with Gasteiger partial charge in [0.05, 0.1) is 12.1 Å². The second-order valence-electron chi connectivity index (χ2n) is 6.72. The summed E-state index contributed by atoms with van der Waals surface area (Å²) >= 11 is 0. The molecule has 7 nitrogen and oxygen atoms in total. The van der Waals surface area contributed by atoms with Gasteiger partial charge in [0.1, 0.15) is 12.3 Å². The third-order valence-electron chi connectivity index (χ3n) is 5.38. The van der Waals surface area contributed by atoms with Gasteiger partial charge in [-0.3, -0.25) is 9.88 Å². The number of hydrogen-bond acceptors (Lipinski definition) is 7. The third-order valence-corrected chi connectivity index (χ3v) is 5.38. The van der Waals surface area contributed by atoms with E-state index in [-0.39, 0.29) is 5.60 Å². The SMILES string of the molecule is c1cncc(-c2nnc(N3CO[C@]4(CN5CCC4CC5)C3)o2)c1. The zero-order chi connectivity index (χ0) is 15.3. The van der Waals surface area contributed by atoms with Crippen molar-refractivity contribution in [3.63, 3.8) is 0 Å². The van der Waals surface area contributed by atoms with E-state index < -0.39 is 0 Å². The number of anilines is 1. The van der Waals surface area contributed by atoms with Crippen LogP contribution in [0.5, 0.6) is 0 Å². The summed E-state index contributed by atoms with van der Waals surface area (Å²) in [7, 11) is 0. The lowest BCUT2D eigenvalue weighted by Crippen LogP contribution is -2.61. The van der Waals surface area contributed by atoms with Crippen LogP contribution in [-0.2, 0) is 4.74 Å². The van der Waals surface area contributed by atoms with E-state index in [9.17, 15) is 0 Å². The number of piperidine rings is 3. The van der Waals surface area contributed by atoms with E-state index >= 15 is 0 Å². The van der Waals surface area contributed by atoms with Crippen LogP contribution in [0.4, 0.5) is 6.01 Å². The minimum Gasteiger partial charge on any atom is -0.403 e. The molecular formula is C16H19N5O2. The van der Waals surface area contributed by atoms with E-state index in [4.69, 9.17) is 9.15 Å². The second-order valence-corrected chi connectivity index (χ2v) is 6.72. The van der Waals surface area contributed by atoms with Crippen LogP contribution in [0.15, 0.2) is 28.9 Å². The number of rotatable bonds is 2. The number of nitrogens with zero attached hydrogens (tertiary/aromatic N) is 5. The molecule has 4 aliphatic rings. The van der Waals surface area contributed by atoms with Crippen molar-refractivity contribution in [1.82, 2.24) is 20.1 Å². The Hall–Kier alpha value is -1.99. The zero-order valence-electron chi connectivity index (χ0n) is 12.9. The third kappa shape index (κ3) is 2.14. The standard InChI is InChI=1S/C16H19N5O2/c1-2-12(8-17-5-1)14-18-19-15(23-14)21-10-16(22-11-21)9-20-6-3-13(16)4-7-20/h1-2,5,8,13H,3-4,6-7,9-11H2/t16-/m1/s1. The van der Waals surface area contributed by atoms with Gasteiger partial charge in [0.25, 0.3) is 5.89 Å². The second kappa shape index (κ2) is 5.01. The molecule has 0 aliphatic carbocycles. The Bertz CT molecular complexity index is 698. The molecule has 4 fully saturated rings. The van der Waals surface area contributed by atoms with Gasteiger partial charge in [-0.2, -0.15) is 0 Å². The summed E-state index contributed by atoms with van der Waals surface area (Å²) in [5.74, 6) is 1.15. The topological polar surface area (TPSA) is 67.5 Å². The number of pyridine rings is 1. The first kappa shape index (κ1) is 13.4.